The molecule has 0 amide bonds. The summed E-state index contributed by atoms with van der Waals surface area (Å²) in [7, 11) is 0. The Morgan fingerprint density at radius 2 is 1.67 bits per heavy atom. The summed E-state index contributed by atoms with van der Waals surface area (Å²) >= 11 is 0. The molecule has 0 radical (unpaired) electrons. The lowest BCUT2D eigenvalue weighted by Crippen LogP contribution is -2.49. The molecule has 0 bridgehead atoms. The van der Waals surface area contributed by atoms with Gasteiger partial charge in [-0.15, -0.1) is 0 Å². The fourth-order valence-electron chi connectivity index (χ4n) is 3.54. The predicted octanol–water partition coefficient (Wildman–Crippen LogP) is 3.48. The molecule has 0 aromatic heterocycles. The van der Waals surface area contributed by atoms with E-state index < -0.39 is 6.10 Å². The number of piperazine rings is 1. The van der Waals surface area contributed by atoms with Crippen LogP contribution in [0.4, 0.5) is 10.1 Å². The van der Waals surface area contributed by atoms with E-state index in [2.05, 4.69) is 28.9 Å². The van der Waals surface area contributed by atoms with E-state index in [0.29, 0.717) is 13.2 Å². The monoisotopic (exact) mass is 372 g/mol. The first-order valence-corrected chi connectivity index (χ1v) is 9.73. The summed E-state index contributed by atoms with van der Waals surface area (Å²) < 4.78 is 19.0. The van der Waals surface area contributed by atoms with Gasteiger partial charge >= 0.3 is 0 Å². The summed E-state index contributed by atoms with van der Waals surface area (Å²) in [4.78, 5) is 4.51. The van der Waals surface area contributed by atoms with Crippen LogP contribution in [0.5, 0.6) is 0 Å². The maximum Gasteiger partial charge on any atom is 0.123 e. The Bertz CT molecular complexity index is 672. The van der Waals surface area contributed by atoms with Gasteiger partial charge in [0, 0.05) is 38.4 Å². The lowest BCUT2D eigenvalue weighted by atomic mass is 10.1. The highest BCUT2D eigenvalue weighted by Gasteiger charge is 2.20. The van der Waals surface area contributed by atoms with Crippen molar-refractivity contribution in [2.45, 2.75) is 25.6 Å². The zero-order valence-corrected chi connectivity index (χ0v) is 15.9. The first-order chi connectivity index (χ1) is 13.2. The average Bonchev–Trinajstić information content (AvgIpc) is 2.70. The molecule has 27 heavy (non-hydrogen) atoms. The number of aliphatic hydroxyl groups is 1. The number of anilines is 1. The number of β-amino-alcohol motifs (C(OH)–C–C–N with tert-alkyl or cyclic N) is 1. The molecule has 0 aliphatic carbocycles. The predicted molar refractivity (Wildman–Crippen MR) is 106 cm³/mol. The van der Waals surface area contributed by atoms with Crippen LogP contribution in [0.15, 0.2) is 54.6 Å². The molecule has 2 aromatic carbocycles. The Morgan fingerprint density at radius 3 is 2.30 bits per heavy atom. The van der Waals surface area contributed by atoms with Crippen molar-refractivity contribution in [3.8, 4) is 0 Å². The smallest absolute Gasteiger partial charge is 0.123 e. The van der Waals surface area contributed by atoms with E-state index in [1.54, 1.807) is 0 Å². The van der Waals surface area contributed by atoms with Crippen LogP contribution in [0, 0.1) is 5.82 Å². The molecule has 1 aliphatic rings. The first-order valence-electron chi connectivity index (χ1n) is 9.73. The summed E-state index contributed by atoms with van der Waals surface area (Å²) in [5, 5.41) is 10.4. The van der Waals surface area contributed by atoms with E-state index in [9.17, 15) is 9.50 Å². The summed E-state index contributed by atoms with van der Waals surface area (Å²) in [5.41, 5.74) is 2.20. The molecule has 2 atom stereocenters. The Kier molecular flexibility index (Phi) is 7.21. The standard InChI is InChI=1S/C22H29FN2O2/c1-2-22(18-6-4-3-5-7-18)27-17-21(26)16-24-12-14-25(15-13-24)20-10-8-19(23)9-11-20/h3-11,21-22,26H,2,12-17H2,1H3. The van der Waals surface area contributed by atoms with Crippen LogP contribution in [-0.4, -0.2) is 55.4 Å². The van der Waals surface area contributed by atoms with Crippen molar-refractivity contribution in [1.29, 1.82) is 0 Å². The molecule has 1 fully saturated rings. The maximum atomic E-state index is 13.1. The Balaban J connectivity index is 1.41. The van der Waals surface area contributed by atoms with E-state index in [-0.39, 0.29) is 11.9 Å². The van der Waals surface area contributed by atoms with Crippen molar-refractivity contribution in [2.75, 3.05) is 44.2 Å². The van der Waals surface area contributed by atoms with Crippen molar-refractivity contribution < 1.29 is 14.2 Å². The van der Waals surface area contributed by atoms with Crippen molar-refractivity contribution in [3.63, 3.8) is 0 Å². The van der Waals surface area contributed by atoms with Gasteiger partial charge in [-0.3, -0.25) is 4.90 Å². The topological polar surface area (TPSA) is 35.9 Å². The largest absolute Gasteiger partial charge is 0.389 e. The molecule has 1 N–H and O–H groups in total. The van der Waals surface area contributed by atoms with Crippen LogP contribution < -0.4 is 4.90 Å². The van der Waals surface area contributed by atoms with Crippen molar-refractivity contribution in [1.82, 2.24) is 4.90 Å². The Morgan fingerprint density at radius 1 is 1.00 bits per heavy atom. The SMILES string of the molecule is CCC(OCC(O)CN1CCN(c2ccc(F)cc2)CC1)c1ccccc1. The van der Waals surface area contributed by atoms with Gasteiger partial charge in [0.2, 0.25) is 0 Å². The summed E-state index contributed by atoms with van der Waals surface area (Å²) in [6.07, 6.45) is 0.406. The molecule has 2 aromatic rings. The van der Waals surface area contributed by atoms with Gasteiger partial charge in [0.25, 0.3) is 0 Å². The molecule has 1 aliphatic heterocycles. The third kappa shape index (κ3) is 5.76. The third-order valence-electron chi connectivity index (χ3n) is 5.06. The minimum atomic E-state index is -0.500. The number of nitrogens with zero attached hydrogens (tertiary/aromatic N) is 2. The van der Waals surface area contributed by atoms with Crippen LogP contribution in [0.1, 0.15) is 25.0 Å². The Hall–Kier alpha value is -1.95. The van der Waals surface area contributed by atoms with Crippen LogP contribution in [-0.2, 0) is 4.74 Å². The number of hydrogen-bond donors (Lipinski definition) is 1. The molecular weight excluding hydrogens is 343 g/mol. The number of aliphatic hydroxyl groups excluding tert-OH is 1. The number of hydrogen-bond acceptors (Lipinski definition) is 4. The molecular formula is C22H29FN2O2. The van der Waals surface area contributed by atoms with Gasteiger partial charge in [0.05, 0.1) is 18.8 Å². The van der Waals surface area contributed by atoms with E-state index in [1.165, 1.54) is 12.1 Å². The van der Waals surface area contributed by atoms with Crippen LogP contribution in [0.25, 0.3) is 0 Å². The highest BCUT2D eigenvalue weighted by molar-refractivity contribution is 5.46. The van der Waals surface area contributed by atoms with Gasteiger partial charge in [-0.25, -0.2) is 4.39 Å². The molecule has 2 unspecified atom stereocenters. The van der Waals surface area contributed by atoms with Gasteiger partial charge in [0.15, 0.2) is 0 Å². The molecule has 1 heterocycles. The summed E-state index contributed by atoms with van der Waals surface area (Å²) in [6.45, 7) is 6.56. The van der Waals surface area contributed by atoms with Crippen molar-refractivity contribution >= 4 is 5.69 Å². The second-order valence-electron chi connectivity index (χ2n) is 7.06. The van der Waals surface area contributed by atoms with Crippen LogP contribution in [0.3, 0.4) is 0 Å². The van der Waals surface area contributed by atoms with Crippen molar-refractivity contribution in [3.05, 3.63) is 66.0 Å². The minimum Gasteiger partial charge on any atom is -0.389 e. The van der Waals surface area contributed by atoms with E-state index in [0.717, 1.165) is 43.9 Å². The van der Waals surface area contributed by atoms with E-state index in [4.69, 9.17) is 4.74 Å². The molecule has 146 valence electrons. The van der Waals surface area contributed by atoms with E-state index in [1.807, 2.05) is 30.3 Å². The fourth-order valence-corrected chi connectivity index (χ4v) is 3.54. The lowest BCUT2D eigenvalue weighted by molar-refractivity contribution is -0.0240. The second-order valence-corrected chi connectivity index (χ2v) is 7.06. The molecule has 0 spiro atoms. The second kappa shape index (κ2) is 9.83. The minimum absolute atomic E-state index is 0.0242. The number of halogens is 1. The summed E-state index contributed by atoms with van der Waals surface area (Å²) in [6, 6.07) is 16.8. The zero-order chi connectivity index (χ0) is 19.1. The molecule has 1 saturated heterocycles. The zero-order valence-electron chi connectivity index (χ0n) is 15.9. The van der Waals surface area contributed by atoms with Crippen LogP contribution >= 0.6 is 0 Å². The fraction of sp³-hybridized carbons (Fsp3) is 0.455. The molecule has 3 rings (SSSR count). The Labute approximate surface area is 161 Å². The molecule has 0 saturated carbocycles. The number of ether oxygens (including phenoxy) is 1. The third-order valence-corrected chi connectivity index (χ3v) is 5.06. The van der Waals surface area contributed by atoms with E-state index >= 15 is 0 Å². The quantitative estimate of drug-likeness (QED) is 0.770. The molecule has 4 nitrogen and oxygen atoms in total. The van der Waals surface area contributed by atoms with Gasteiger partial charge < -0.3 is 14.7 Å². The first kappa shape index (κ1) is 19.8. The number of rotatable bonds is 8. The molecule has 5 heteroatoms. The van der Waals surface area contributed by atoms with Gasteiger partial charge in [-0.1, -0.05) is 37.3 Å². The van der Waals surface area contributed by atoms with Gasteiger partial charge in [-0.05, 0) is 36.2 Å². The maximum absolute atomic E-state index is 13.1. The van der Waals surface area contributed by atoms with Crippen LogP contribution in [0.2, 0.25) is 0 Å². The van der Waals surface area contributed by atoms with Gasteiger partial charge in [0.1, 0.15) is 5.82 Å². The number of benzene rings is 2. The average molecular weight is 372 g/mol. The normalized spacial score (nSPS) is 17.7. The highest BCUT2D eigenvalue weighted by Crippen LogP contribution is 2.21. The lowest BCUT2D eigenvalue weighted by Gasteiger charge is -2.37. The summed E-state index contributed by atoms with van der Waals surface area (Å²) in [5.74, 6) is -0.207. The highest BCUT2D eigenvalue weighted by atomic mass is 19.1. The van der Waals surface area contributed by atoms with Crippen molar-refractivity contribution in [2.24, 2.45) is 0 Å². The van der Waals surface area contributed by atoms with Gasteiger partial charge in [-0.2, -0.15) is 0 Å².